The highest BCUT2D eigenvalue weighted by atomic mass is 16.5. The Morgan fingerprint density at radius 1 is 1.17 bits per heavy atom. The summed E-state index contributed by atoms with van der Waals surface area (Å²) in [5, 5.41) is 0. The molecule has 0 aliphatic carbocycles. The van der Waals surface area contributed by atoms with Crippen LogP contribution in [0.2, 0.25) is 0 Å². The van der Waals surface area contributed by atoms with Crippen LogP contribution in [0.4, 0.5) is 0 Å². The molecule has 1 amide bonds. The number of aromatic amines is 1. The van der Waals surface area contributed by atoms with E-state index in [1.807, 2.05) is 54.6 Å². The van der Waals surface area contributed by atoms with Crippen LogP contribution in [0.15, 0.2) is 59.4 Å². The molecule has 6 heteroatoms. The van der Waals surface area contributed by atoms with Gasteiger partial charge in [-0.2, -0.15) is 0 Å². The monoisotopic (exact) mass is 389 g/mol. The summed E-state index contributed by atoms with van der Waals surface area (Å²) in [4.78, 5) is 34.6. The standard InChI is InChI=1S/C23H23N3O3/c1-29-18-9-5-8-17(14-18)22-24-20-12-13-26(15-19(20)23(28)25-22)21(27)11-10-16-6-3-2-4-7-16/h2-9,14H,10-13,15H2,1H3,(H,24,25,28). The number of hydrogen-bond acceptors (Lipinski definition) is 4. The lowest BCUT2D eigenvalue weighted by molar-refractivity contribution is -0.132. The van der Waals surface area contributed by atoms with Crippen molar-refractivity contribution < 1.29 is 9.53 Å². The van der Waals surface area contributed by atoms with Crippen LogP contribution in [-0.4, -0.2) is 34.4 Å². The van der Waals surface area contributed by atoms with Crippen molar-refractivity contribution in [2.45, 2.75) is 25.8 Å². The molecule has 0 unspecified atom stereocenters. The Kier molecular flexibility index (Phi) is 5.42. The summed E-state index contributed by atoms with van der Waals surface area (Å²) in [6, 6.07) is 17.4. The molecule has 0 radical (unpaired) electrons. The molecule has 29 heavy (non-hydrogen) atoms. The van der Waals surface area contributed by atoms with Crippen molar-refractivity contribution in [3.63, 3.8) is 0 Å². The van der Waals surface area contributed by atoms with Gasteiger partial charge in [0.05, 0.1) is 24.9 Å². The SMILES string of the molecule is COc1cccc(-c2nc3c(c(=O)[nH]2)CN(C(=O)CCc2ccccc2)CC3)c1. The largest absolute Gasteiger partial charge is 0.497 e. The maximum atomic E-state index is 12.7. The number of hydrogen-bond donors (Lipinski definition) is 1. The van der Waals surface area contributed by atoms with Gasteiger partial charge >= 0.3 is 0 Å². The van der Waals surface area contributed by atoms with Crippen LogP contribution in [0.5, 0.6) is 5.75 Å². The van der Waals surface area contributed by atoms with Gasteiger partial charge in [0, 0.05) is 24.9 Å². The summed E-state index contributed by atoms with van der Waals surface area (Å²) in [5.41, 5.74) is 3.09. The second-order valence-electron chi connectivity index (χ2n) is 7.12. The van der Waals surface area contributed by atoms with Crippen LogP contribution >= 0.6 is 0 Å². The Morgan fingerprint density at radius 2 is 2.00 bits per heavy atom. The van der Waals surface area contributed by atoms with Crippen molar-refractivity contribution in [1.82, 2.24) is 14.9 Å². The third kappa shape index (κ3) is 4.21. The van der Waals surface area contributed by atoms with E-state index in [2.05, 4.69) is 9.97 Å². The summed E-state index contributed by atoms with van der Waals surface area (Å²) >= 11 is 0. The Labute approximate surface area is 169 Å². The minimum absolute atomic E-state index is 0.0655. The van der Waals surface area contributed by atoms with Gasteiger partial charge in [0.25, 0.3) is 5.56 Å². The molecule has 1 aromatic heterocycles. The molecule has 1 aliphatic rings. The predicted molar refractivity (Wildman–Crippen MR) is 111 cm³/mol. The zero-order chi connectivity index (χ0) is 20.2. The number of amides is 1. The number of aryl methyl sites for hydroxylation is 1. The highest BCUT2D eigenvalue weighted by molar-refractivity contribution is 5.76. The van der Waals surface area contributed by atoms with E-state index in [1.165, 1.54) is 0 Å². The second-order valence-corrected chi connectivity index (χ2v) is 7.12. The van der Waals surface area contributed by atoms with Gasteiger partial charge in [-0.1, -0.05) is 42.5 Å². The first-order valence-electron chi connectivity index (χ1n) is 9.72. The second kappa shape index (κ2) is 8.31. The van der Waals surface area contributed by atoms with Crippen LogP contribution in [0.1, 0.15) is 23.2 Å². The minimum Gasteiger partial charge on any atom is -0.497 e. The van der Waals surface area contributed by atoms with Gasteiger partial charge in [-0.05, 0) is 24.1 Å². The molecule has 0 saturated carbocycles. The third-order valence-corrected chi connectivity index (χ3v) is 5.23. The predicted octanol–water partition coefficient (Wildman–Crippen LogP) is 2.96. The number of aromatic nitrogens is 2. The van der Waals surface area contributed by atoms with Crippen molar-refractivity contribution in [3.8, 4) is 17.1 Å². The summed E-state index contributed by atoms with van der Waals surface area (Å²) in [5.74, 6) is 1.30. The van der Waals surface area contributed by atoms with E-state index < -0.39 is 0 Å². The number of nitrogens with zero attached hydrogens (tertiary/aromatic N) is 2. The number of nitrogens with one attached hydrogen (secondary N) is 1. The fraction of sp³-hybridized carbons (Fsp3) is 0.261. The maximum Gasteiger partial charge on any atom is 0.256 e. The molecule has 0 spiro atoms. The molecule has 6 nitrogen and oxygen atoms in total. The molecule has 4 rings (SSSR count). The lowest BCUT2D eigenvalue weighted by Gasteiger charge is -2.28. The fourth-order valence-electron chi connectivity index (χ4n) is 3.60. The van der Waals surface area contributed by atoms with E-state index in [0.29, 0.717) is 49.5 Å². The first-order chi connectivity index (χ1) is 14.1. The molecule has 3 aromatic rings. The van der Waals surface area contributed by atoms with Gasteiger partial charge < -0.3 is 14.6 Å². The first-order valence-corrected chi connectivity index (χ1v) is 9.72. The first kappa shape index (κ1) is 18.9. The summed E-state index contributed by atoms with van der Waals surface area (Å²) in [6.45, 7) is 0.887. The molecule has 1 aliphatic heterocycles. The molecule has 0 bridgehead atoms. The zero-order valence-electron chi connectivity index (χ0n) is 16.4. The van der Waals surface area contributed by atoms with Crippen LogP contribution < -0.4 is 10.3 Å². The Bertz CT molecular complexity index is 1080. The number of H-pyrrole nitrogens is 1. The molecule has 0 saturated heterocycles. The maximum absolute atomic E-state index is 12.7. The van der Waals surface area contributed by atoms with Gasteiger partial charge in [0.2, 0.25) is 5.91 Å². The van der Waals surface area contributed by atoms with Crippen LogP contribution in [0.25, 0.3) is 11.4 Å². The lowest BCUT2D eigenvalue weighted by Crippen LogP contribution is -2.39. The number of rotatable bonds is 5. The van der Waals surface area contributed by atoms with Gasteiger partial charge in [0.1, 0.15) is 11.6 Å². The third-order valence-electron chi connectivity index (χ3n) is 5.23. The highest BCUT2D eigenvalue weighted by Gasteiger charge is 2.24. The van der Waals surface area contributed by atoms with E-state index in [-0.39, 0.29) is 11.5 Å². The van der Waals surface area contributed by atoms with E-state index in [4.69, 9.17) is 4.74 Å². The van der Waals surface area contributed by atoms with E-state index in [0.717, 1.165) is 16.8 Å². The number of carbonyl (C=O) groups is 1. The molecule has 0 fully saturated rings. The van der Waals surface area contributed by atoms with Crippen molar-refractivity contribution in [1.29, 1.82) is 0 Å². The average molecular weight is 389 g/mol. The van der Waals surface area contributed by atoms with E-state index >= 15 is 0 Å². The number of fused-ring (bicyclic) bond motifs is 1. The van der Waals surface area contributed by atoms with Crippen LogP contribution in [0.3, 0.4) is 0 Å². The molecule has 2 aromatic carbocycles. The van der Waals surface area contributed by atoms with Crippen molar-refractivity contribution in [2.75, 3.05) is 13.7 Å². The van der Waals surface area contributed by atoms with Gasteiger partial charge in [-0.15, -0.1) is 0 Å². The molecule has 1 N–H and O–H groups in total. The Balaban J connectivity index is 1.49. The molecule has 0 atom stereocenters. The highest BCUT2D eigenvalue weighted by Crippen LogP contribution is 2.22. The van der Waals surface area contributed by atoms with Crippen molar-refractivity contribution in [2.24, 2.45) is 0 Å². The molecular formula is C23H23N3O3. The molecule has 2 heterocycles. The number of benzene rings is 2. The quantitative estimate of drug-likeness (QED) is 0.728. The summed E-state index contributed by atoms with van der Waals surface area (Å²) in [7, 11) is 1.60. The summed E-state index contributed by atoms with van der Waals surface area (Å²) < 4.78 is 5.25. The van der Waals surface area contributed by atoms with Gasteiger partial charge in [-0.25, -0.2) is 4.98 Å². The van der Waals surface area contributed by atoms with Gasteiger partial charge in [0.15, 0.2) is 0 Å². The molecule has 148 valence electrons. The van der Waals surface area contributed by atoms with Crippen molar-refractivity contribution in [3.05, 3.63) is 81.8 Å². The normalized spacial score (nSPS) is 13.1. The van der Waals surface area contributed by atoms with Gasteiger partial charge in [-0.3, -0.25) is 9.59 Å². The zero-order valence-corrected chi connectivity index (χ0v) is 16.4. The number of carbonyl (C=O) groups excluding carboxylic acids is 1. The van der Waals surface area contributed by atoms with E-state index in [9.17, 15) is 9.59 Å². The summed E-state index contributed by atoms with van der Waals surface area (Å²) in [6.07, 6.45) is 1.71. The minimum atomic E-state index is -0.187. The van der Waals surface area contributed by atoms with Crippen LogP contribution in [-0.2, 0) is 24.2 Å². The number of ether oxygens (including phenoxy) is 1. The van der Waals surface area contributed by atoms with E-state index in [1.54, 1.807) is 12.0 Å². The average Bonchev–Trinajstić information content (AvgIpc) is 2.78. The smallest absolute Gasteiger partial charge is 0.256 e. The van der Waals surface area contributed by atoms with Crippen molar-refractivity contribution >= 4 is 5.91 Å². The van der Waals surface area contributed by atoms with Crippen LogP contribution in [0, 0.1) is 0 Å². The Morgan fingerprint density at radius 3 is 2.79 bits per heavy atom. The fourth-order valence-corrected chi connectivity index (χ4v) is 3.60. The molecular weight excluding hydrogens is 366 g/mol. The lowest BCUT2D eigenvalue weighted by atomic mass is 10.0. The topological polar surface area (TPSA) is 75.3 Å². The Hall–Kier alpha value is -3.41. The number of methoxy groups -OCH3 is 1.